The summed E-state index contributed by atoms with van der Waals surface area (Å²) in [6.45, 7) is 0.976. The number of hydrogen-bond acceptors (Lipinski definition) is 10. The Kier molecular flexibility index (Phi) is 8.52. The second kappa shape index (κ2) is 13.0. The van der Waals surface area contributed by atoms with Crippen LogP contribution in [-0.2, 0) is 4.74 Å². The maximum absolute atomic E-state index is 9.32. The first-order valence-electron chi connectivity index (χ1n) is 12.5. The lowest BCUT2D eigenvalue weighted by atomic mass is 10.2. The lowest BCUT2D eigenvalue weighted by Crippen LogP contribution is -2.05. The largest absolute Gasteiger partial charge is 0.508 e. The number of rotatable bonds is 8. The molecule has 41 heavy (non-hydrogen) atoms. The highest BCUT2D eigenvalue weighted by Crippen LogP contribution is 2.20. The van der Waals surface area contributed by atoms with E-state index < -0.39 is 0 Å². The van der Waals surface area contributed by atoms with Crippen LogP contribution in [0.1, 0.15) is 0 Å². The molecule has 0 spiro atoms. The number of methoxy groups -OCH3 is 1. The molecule has 0 radical (unpaired) electrons. The number of pyridine rings is 2. The van der Waals surface area contributed by atoms with Crippen LogP contribution in [0.2, 0.25) is 0 Å². The van der Waals surface area contributed by atoms with Crippen LogP contribution in [0.3, 0.4) is 0 Å². The summed E-state index contributed by atoms with van der Waals surface area (Å²) in [5.41, 5.74) is 4.69. The van der Waals surface area contributed by atoms with Gasteiger partial charge < -0.3 is 19.7 Å². The molecule has 0 atom stereocenters. The number of aromatic hydroxyl groups is 2. The van der Waals surface area contributed by atoms with Gasteiger partial charge in [-0.15, -0.1) is 10.2 Å². The molecule has 206 valence electrons. The second-order valence-corrected chi connectivity index (χ2v) is 8.57. The molecule has 0 amide bonds. The van der Waals surface area contributed by atoms with Crippen LogP contribution >= 0.6 is 0 Å². The van der Waals surface area contributed by atoms with Crippen molar-refractivity contribution >= 4 is 0 Å². The number of benzene rings is 2. The van der Waals surface area contributed by atoms with E-state index in [0.29, 0.717) is 30.5 Å². The predicted molar refractivity (Wildman–Crippen MR) is 150 cm³/mol. The van der Waals surface area contributed by atoms with E-state index in [2.05, 4.69) is 30.6 Å². The lowest BCUT2D eigenvalue weighted by molar-refractivity contribution is 0.144. The first kappa shape index (κ1) is 27.0. The van der Waals surface area contributed by atoms with Gasteiger partial charge in [0.2, 0.25) is 5.88 Å². The van der Waals surface area contributed by atoms with Crippen molar-refractivity contribution < 1.29 is 19.7 Å². The van der Waals surface area contributed by atoms with Crippen LogP contribution in [-0.4, -0.2) is 70.5 Å². The van der Waals surface area contributed by atoms with Gasteiger partial charge in [-0.2, -0.15) is 0 Å². The number of aromatic nitrogens is 8. The van der Waals surface area contributed by atoms with Gasteiger partial charge >= 0.3 is 0 Å². The van der Waals surface area contributed by atoms with Gasteiger partial charge in [-0.05, 0) is 66.7 Å². The third-order valence-corrected chi connectivity index (χ3v) is 5.71. The first-order valence-corrected chi connectivity index (χ1v) is 12.5. The molecule has 2 N–H and O–H groups in total. The Morgan fingerprint density at radius 3 is 1.85 bits per heavy atom. The van der Waals surface area contributed by atoms with E-state index in [9.17, 15) is 10.2 Å². The number of phenols is 2. The number of nitrogens with zero attached hydrogens (tertiary/aromatic N) is 8. The van der Waals surface area contributed by atoms with Crippen LogP contribution in [0.15, 0.2) is 104 Å². The lowest BCUT2D eigenvalue weighted by Gasteiger charge is -2.04. The molecule has 4 aromatic heterocycles. The zero-order valence-electron chi connectivity index (χ0n) is 22.0. The van der Waals surface area contributed by atoms with E-state index in [4.69, 9.17) is 9.47 Å². The van der Waals surface area contributed by atoms with Gasteiger partial charge in [-0.25, -0.2) is 14.3 Å². The summed E-state index contributed by atoms with van der Waals surface area (Å²) < 4.78 is 13.6. The SMILES string of the molecule is COCCOc1ccc(-c2cn(-c3ccc(O)cc3)nn2)cn1.Oc1ccc(-n2cc(-c3ccccn3)nn2)cc1. The fraction of sp³-hybridized carbons (Fsp3) is 0.103. The molecule has 0 bridgehead atoms. The highest BCUT2D eigenvalue weighted by atomic mass is 16.5. The Balaban J connectivity index is 0.000000169. The number of ether oxygens (including phenoxy) is 2. The van der Waals surface area contributed by atoms with Crippen molar-refractivity contribution in [1.29, 1.82) is 0 Å². The van der Waals surface area contributed by atoms with Crippen LogP contribution in [0.4, 0.5) is 0 Å². The van der Waals surface area contributed by atoms with Gasteiger partial charge in [0.25, 0.3) is 0 Å². The Hall–Kier alpha value is -5.62. The van der Waals surface area contributed by atoms with E-state index in [1.165, 1.54) is 0 Å². The zero-order chi connectivity index (χ0) is 28.4. The molecule has 0 unspecified atom stereocenters. The van der Waals surface area contributed by atoms with E-state index >= 15 is 0 Å². The summed E-state index contributed by atoms with van der Waals surface area (Å²) in [6.07, 6.45) is 7.01. The van der Waals surface area contributed by atoms with E-state index in [1.807, 2.05) is 24.3 Å². The molecule has 2 aromatic carbocycles. The minimum Gasteiger partial charge on any atom is -0.508 e. The average Bonchev–Trinajstić information content (AvgIpc) is 3.71. The van der Waals surface area contributed by atoms with Crippen LogP contribution in [0.5, 0.6) is 17.4 Å². The van der Waals surface area contributed by atoms with Gasteiger partial charge in [0.15, 0.2) is 0 Å². The average molecular weight is 551 g/mol. The molecule has 0 aliphatic rings. The Morgan fingerprint density at radius 2 is 1.29 bits per heavy atom. The van der Waals surface area contributed by atoms with Crippen molar-refractivity contribution in [2.24, 2.45) is 0 Å². The molecular weight excluding hydrogens is 524 g/mol. The van der Waals surface area contributed by atoms with Gasteiger partial charge in [-0.1, -0.05) is 16.5 Å². The summed E-state index contributed by atoms with van der Waals surface area (Å²) in [5.74, 6) is 0.975. The molecular formula is C29H26N8O4. The molecule has 4 heterocycles. The fourth-order valence-corrected chi connectivity index (χ4v) is 3.60. The van der Waals surface area contributed by atoms with Crippen molar-refractivity contribution in [3.05, 3.63) is 104 Å². The van der Waals surface area contributed by atoms with Crippen molar-refractivity contribution in [3.63, 3.8) is 0 Å². The molecule has 12 nitrogen and oxygen atoms in total. The van der Waals surface area contributed by atoms with Crippen molar-refractivity contribution in [2.45, 2.75) is 0 Å². The molecule has 6 aromatic rings. The van der Waals surface area contributed by atoms with Crippen LogP contribution < -0.4 is 4.74 Å². The van der Waals surface area contributed by atoms with E-state index in [0.717, 1.165) is 22.6 Å². The van der Waals surface area contributed by atoms with Crippen LogP contribution in [0.25, 0.3) is 34.0 Å². The standard InChI is InChI=1S/C16H16N4O3.C13H10N4O/c1-22-8-9-23-16-7-2-12(10-17-16)15-11-20(19-18-15)13-3-5-14(21)6-4-13;18-11-6-4-10(5-7-11)17-9-13(15-16-17)12-3-1-2-8-14-12/h2-7,10-11,21H,8-9H2,1H3;1-9,18H. The molecule has 6 rings (SSSR count). The van der Waals surface area contributed by atoms with Gasteiger partial charge in [0, 0.05) is 31.1 Å². The maximum atomic E-state index is 9.32. The monoisotopic (exact) mass is 550 g/mol. The molecule has 0 fully saturated rings. The summed E-state index contributed by atoms with van der Waals surface area (Å²) in [7, 11) is 1.62. The van der Waals surface area contributed by atoms with Gasteiger partial charge in [-0.3, -0.25) is 4.98 Å². The predicted octanol–water partition coefficient (Wildman–Crippen LogP) is 4.10. The van der Waals surface area contributed by atoms with Crippen LogP contribution in [0, 0.1) is 0 Å². The smallest absolute Gasteiger partial charge is 0.213 e. The zero-order valence-corrected chi connectivity index (χ0v) is 22.0. The maximum Gasteiger partial charge on any atom is 0.213 e. The number of hydrogen-bond donors (Lipinski definition) is 2. The summed E-state index contributed by atoms with van der Waals surface area (Å²) >= 11 is 0. The highest BCUT2D eigenvalue weighted by molar-refractivity contribution is 5.57. The minimum absolute atomic E-state index is 0.211. The Bertz CT molecular complexity index is 1650. The molecule has 0 aliphatic heterocycles. The summed E-state index contributed by atoms with van der Waals surface area (Å²) in [4.78, 5) is 8.45. The number of phenolic OH excluding ortho intramolecular Hbond substituents is 2. The molecule has 0 saturated heterocycles. The topological polar surface area (TPSA) is 146 Å². The first-order chi connectivity index (χ1) is 20.1. The summed E-state index contributed by atoms with van der Waals surface area (Å²) in [5, 5.41) is 34.9. The third kappa shape index (κ3) is 7.07. The third-order valence-electron chi connectivity index (χ3n) is 5.71. The summed E-state index contributed by atoms with van der Waals surface area (Å²) in [6, 6.07) is 22.8. The molecule has 0 aliphatic carbocycles. The van der Waals surface area contributed by atoms with E-state index in [-0.39, 0.29) is 11.5 Å². The highest BCUT2D eigenvalue weighted by Gasteiger charge is 2.07. The molecule has 12 heteroatoms. The Labute approximate surface area is 235 Å². The Morgan fingerprint density at radius 1 is 0.659 bits per heavy atom. The minimum atomic E-state index is 0.211. The fourth-order valence-electron chi connectivity index (χ4n) is 3.60. The van der Waals surface area contributed by atoms with Crippen molar-refractivity contribution in [2.75, 3.05) is 20.3 Å². The van der Waals surface area contributed by atoms with Gasteiger partial charge in [0.1, 0.15) is 29.5 Å². The quantitative estimate of drug-likeness (QED) is 0.266. The molecule has 0 saturated carbocycles. The second-order valence-electron chi connectivity index (χ2n) is 8.57. The van der Waals surface area contributed by atoms with Crippen molar-refractivity contribution in [3.8, 4) is 51.4 Å². The van der Waals surface area contributed by atoms with Crippen molar-refractivity contribution in [1.82, 2.24) is 40.0 Å². The normalized spacial score (nSPS) is 10.6. The van der Waals surface area contributed by atoms with Gasteiger partial charge in [0.05, 0.1) is 36.1 Å². The van der Waals surface area contributed by atoms with E-state index in [1.54, 1.807) is 95.9 Å².